The number of aryl methyl sites for hydroxylation is 1. The first-order chi connectivity index (χ1) is 12.0. The minimum Gasteiger partial charge on any atom is -0.269 e. The van der Waals surface area contributed by atoms with Crippen LogP contribution in [0.3, 0.4) is 0 Å². The van der Waals surface area contributed by atoms with Gasteiger partial charge < -0.3 is 0 Å². The van der Waals surface area contributed by atoms with Crippen molar-refractivity contribution in [3.63, 3.8) is 0 Å². The monoisotopic (exact) mass is 354 g/mol. The molecule has 0 amide bonds. The van der Waals surface area contributed by atoms with Gasteiger partial charge in [0.15, 0.2) is 0 Å². The molecule has 0 bridgehead atoms. The maximum atomic E-state index is 12.8. The van der Waals surface area contributed by atoms with Crippen molar-refractivity contribution < 1.29 is 4.79 Å². The average Bonchev–Trinajstić information content (AvgIpc) is 2.60. The second-order valence-corrected chi connectivity index (χ2v) is 6.06. The topological polar surface area (TPSA) is 61.1 Å². The highest BCUT2D eigenvalue weighted by atomic mass is 35.5. The van der Waals surface area contributed by atoms with Crippen LogP contribution in [0.25, 0.3) is 0 Å². The maximum Gasteiger partial charge on any atom is 0.338 e. The van der Waals surface area contributed by atoms with E-state index >= 15 is 0 Å². The number of carbonyl (C=O) groups is 1. The quantitative estimate of drug-likeness (QED) is 0.726. The van der Waals surface area contributed by atoms with E-state index in [0.29, 0.717) is 16.3 Å². The summed E-state index contributed by atoms with van der Waals surface area (Å²) < 4.78 is 2.06. The largest absolute Gasteiger partial charge is 0.338 e. The van der Waals surface area contributed by atoms with Gasteiger partial charge in [-0.25, -0.2) is 9.36 Å². The van der Waals surface area contributed by atoms with Crippen molar-refractivity contribution in [2.45, 2.75) is 13.5 Å². The molecule has 0 fully saturated rings. The Kier molecular flexibility index (Phi) is 4.67. The lowest BCUT2D eigenvalue weighted by atomic mass is 10.2. The summed E-state index contributed by atoms with van der Waals surface area (Å²) >= 11 is 5.84. The highest BCUT2D eigenvalue weighted by molar-refractivity contribution is 6.30. The predicted octanol–water partition coefficient (Wildman–Crippen LogP) is 2.71. The average molecular weight is 355 g/mol. The molecule has 5 nitrogen and oxygen atoms in total. The summed E-state index contributed by atoms with van der Waals surface area (Å²) in [6.07, 6.45) is 0. The van der Waals surface area contributed by atoms with Crippen molar-refractivity contribution in [3.05, 3.63) is 103 Å². The van der Waals surface area contributed by atoms with Crippen molar-refractivity contribution in [2.24, 2.45) is 0 Å². The van der Waals surface area contributed by atoms with Gasteiger partial charge in [0.05, 0.1) is 6.54 Å². The van der Waals surface area contributed by atoms with Gasteiger partial charge in [-0.15, -0.1) is 0 Å². The molecule has 0 unspecified atom stereocenters. The molecule has 25 heavy (non-hydrogen) atoms. The second-order valence-electron chi connectivity index (χ2n) is 5.63. The second kappa shape index (κ2) is 6.91. The number of rotatable bonds is 3. The zero-order chi connectivity index (χ0) is 18.0. The van der Waals surface area contributed by atoms with Gasteiger partial charge in [0, 0.05) is 22.3 Å². The third-order valence-electron chi connectivity index (χ3n) is 3.85. The van der Waals surface area contributed by atoms with Gasteiger partial charge >= 0.3 is 5.69 Å². The summed E-state index contributed by atoms with van der Waals surface area (Å²) in [5, 5.41) is 0.495. The van der Waals surface area contributed by atoms with E-state index < -0.39 is 17.2 Å². The van der Waals surface area contributed by atoms with Gasteiger partial charge in [0.25, 0.3) is 11.5 Å². The van der Waals surface area contributed by atoms with Gasteiger partial charge in [-0.05, 0) is 36.8 Å². The summed E-state index contributed by atoms with van der Waals surface area (Å²) in [6, 6.07) is 16.7. The molecule has 126 valence electrons. The fourth-order valence-electron chi connectivity index (χ4n) is 2.57. The molecule has 0 radical (unpaired) electrons. The van der Waals surface area contributed by atoms with E-state index in [2.05, 4.69) is 0 Å². The van der Waals surface area contributed by atoms with Crippen LogP contribution in [0, 0.1) is 6.92 Å². The summed E-state index contributed by atoms with van der Waals surface area (Å²) in [5.74, 6) is -0.499. The van der Waals surface area contributed by atoms with Gasteiger partial charge in [0.1, 0.15) is 0 Å². The maximum absolute atomic E-state index is 12.8. The number of aromatic nitrogens is 2. The number of hydrogen-bond acceptors (Lipinski definition) is 3. The first-order valence-corrected chi connectivity index (χ1v) is 8.03. The van der Waals surface area contributed by atoms with E-state index in [1.54, 1.807) is 31.2 Å². The Morgan fingerprint density at radius 1 is 1.00 bits per heavy atom. The van der Waals surface area contributed by atoms with Crippen LogP contribution in [0.1, 0.15) is 21.6 Å². The molecule has 0 N–H and O–H groups in total. The molecular formula is C19H15ClN2O3. The molecule has 0 aliphatic heterocycles. The van der Waals surface area contributed by atoms with Crippen LogP contribution in [0.2, 0.25) is 5.02 Å². The first-order valence-electron chi connectivity index (χ1n) is 7.65. The van der Waals surface area contributed by atoms with Crippen LogP contribution in [-0.2, 0) is 6.54 Å². The number of nitrogens with zero attached hydrogens (tertiary/aromatic N) is 2. The molecule has 6 heteroatoms. The lowest BCUT2D eigenvalue weighted by molar-refractivity contribution is 0.0949. The molecular weight excluding hydrogens is 340 g/mol. The third-order valence-corrected chi connectivity index (χ3v) is 4.10. The summed E-state index contributed by atoms with van der Waals surface area (Å²) in [7, 11) is 0. The van der Waals surface area contributed by atoms with E-state index in [1.165, 1.54) is 6.07 Å². The van der Waals surface area contributed by atoms with Crippen LogP contribution in [0.5, 0.6) is 0 Å². The van der Waals surface area contributed by atoms with Crippen molar-refractivity contribution >= 4 is 17.5 Å². The number of benzene rings is 2. The predicted molar refractivity (Wildman–Crippen MR) is 96.4 cm³/mol. The van der Waals surface area contributed by atoms with E-state index in [1.807, 2.05) is 30.3 Å². The SMILES string of the molecule is Cc1cc(=O)n(Cc2ccccc2)c(=O)n1C(=O)c1ccc(Cl)cc1. The van der Waals surface area contributed by atoms with Gasteiger partial charge in [0.2, 0.25) is 0 Å². The zero-order valence-corrected chi connectivity index (χ0v) is 14.2. The van der Waals surface area contributed by atoms with Gasteiger partial charge in [-0.2, -0.15) is 0 Å². The Morgan fingerprint density at radius 3 is 2.28 bits per heavy atom. The Bertz CT molecular complexity index is 1040. The summed E-state index contributed by atoms with van der Waals surface area (Å²) in [5.41, 5.74) is 0.315. The molecule has 3 aromatic rings. The summed E-state index contributed by atoms with van der Waals surface area (Å²) in [6.45, 7) is 1.66. The van der Waals surface area contributed by atoms with Gasteiger partial charge in [-0.1, -0.05) is 41.9 Å². The standard InChI is InChI=1S/C19H15ClN2O3/c1-13-11-17(23)21(12-14-5-3-2-4-6-14)19(25)22(13)18(24)15-7-9-16(20)10-8-15/h2-11H,12H2,1H3. The number of carbonyl (C=O) groups excluding carboxylic acids is 1. The van der Waals surface area contributed by atoms with Crippen LogP contribution < -0.4 is 11.2 Å². The highest BCUT2D eigenvalue weighted by Gasteiger charge is 2.17. The van der Waals surface area contributed by atoms with E-state index in [0.717, 1.165) is 14.7 Å². The molecule has 2 aromatic carbocycles. The molecule has 1 aromatic heterocycles. The Hall–Kier alpha value is -2.92. The fraction of sp³-hybridized carbons (Fsp3) is 0.105. The molecule has 0 saturated carbocycles. The fourth-order valence-corrected chi connectivity index (χ4v) is 2.69. The highest BCUT2D eigenvalue weighted by Crippen LogP contribution is 2.11. The van der Waals surface area contributed by atoms with Gasteiger partial charge in [-0.3, -0.25) is 14.2 Å². The van der Waals surface area contributed by atoms with E-state index in [4.69, 9.17) is 11.6 Å². The van der Waals surface area contributed by atoms with Crippen LogP contribution >= 0.6 is 11.6 Å². The minimum atomic E-state index is -0.659. The van der Waals surface area contributed by atoms with Crippen molar-refractivity contribution in [2.75, 3.05) is 0 Å². The smallest absolute Gasteiger partial charge is 0.269 e. The zero-order valence-electron chi connectivity index (χ0n) is 13.5. The molecule has 1 heterocycles. The molecule has 0 aliphatic rings. The van der Waals surface area contributed by atoms with E-state index in [9.17, 15) is 14.4 Å². The van der Waals surface area contributed by atoms with Crippen molar-refractivity contribution in [1.82, 2.24) is 9.13 Å². The molecule has 0 atom stereocenters. The number of hydrogen-bond donors (Lipinski definition) is 0. The Morgan fingerprint density at radius 2 is 1.64 bits per heavy atom. The molecule has 0 spiro atoms. The van der Waals surface area contributed by atoms with Crippen LogP contribution in [-0.4, -0.2) is 15.0 Å². The molecule has 0 aliphatic carbocycles. The summed E-state index contributed by atoms with van der Waals surface area (Å²) in [4.78, 5) is 37.7. The minimum absolute atomic E-state index is 0.104. The number of halogens is 1. The van der Waals surface area contributed by atoms with Crippen LogP contribution in [0.4, 0.5) is 0 Å². The molecule has 0 saturated heterocycles. The Labute approximate surface area is 148 Å². The first kappa shape index (κ1) is 16.9. The normalized spacial score (nSPS) is 10.6. The van der Waals surface area contributed by atoms with E-state index in [-0.39, 0.29) is 6.54 Å². The lowest BCUT2D eigenvalue weighted by Crippen LogP contribution is -2.43. The molecule has 3 rings (SSSR count). The van der Waals surface area contributed by atoms with Crippen molar-refractivity contribution in [3.8, 4) is 0 Å². The van der Waals surface area contributed by atoms with Crippen molar-refractivity contribution in [1.29, 1.82) is 0 Å². The third kappa shape index (κ3) is 3.46. The van der Waals surface area contributed by atoms with Crippen LogP contribution in [0.15, 0.2) is 70.3 Å². The Balaban J connectivity index is 2.10. The lowest BCUT2D eigenvalue weighted by Gasteiger charge is -2.12.